The Hall–Kier alpha value is -1.89. The molecule has 1 N–H and O–H groups in total. The van der Waals surface area contributed by atoms with E-state index in [9.17, 15) is 18.3 Å². The zero-order valence-electron chi connectivity index (χ0n) is 13.6. The summed E-state index contributed by atoms with van der Waals surface area (Å²) in [4.78, 5) is 7.49. The predicted molar refractivity (Wildman–Crippen MR) is 86.3 cm³/mol. The van der Waals surface area contributed by atoms with Crippen LogP contribution in [0.5, 0.6) is 0 Å². The monoisotopic (exact) mass is 335 g/mol. The van der Waals surface area contributed by atoms with Crippen molar-refractivity contribution in [1.82, 2.24) is 9.97 Å². The third kappa shape index (κ3) is 3.78. The van der Waals surface area contributed by atoms with Gasteiger partial charge in [-0.15, -0.1) is 0 Å². The highest BCUT2D eigenvalue weighted by Gasteiger charge is 2.40. The van der Waals surface area contributed by atoms with Crippen LogP contribution in [0.15, 0.2) is 30.7 Å². The van der Waals surface area contributed by atoms with Gasteiger partial charge in [-0.3, -0.25) is 0 Å². The van der Waals surface area contributed by atoms with Crippen molar-refractivity contribution in [2.45, 2.75) is 44.4 Å². The summed E-state index contributed by atoms with van der Waals surface area (Å²) in [5, 5.41) is 11.2. The number of halogens is 3. The molecule has 1 radical (unpaired) electrons. The molecule has 0 fully saturated rings. The fourth-order valence-electron chi connectivity index (χ4n) is 2.87. The molecule has 0 saturated heterocycles. The molecule has 3 nitrogen and oxygen atoms in total. The third-order valence-electron chi connectivity index (χ3n) is 4.27. The maximum Gasteiger partial charge on any atom is 0.163 e. The third-order valence-corrected chi connectivity index (χ3v) is 4.27. The van der Waals surface area contributed by atoms with Crippen molar-refractivity contribution < 1.29 is 18.3 Å². The molecule has 0 saturated carbocycles. The Morgan fingerprint density at radius 3 is 2.62 bits per heavy atom. The predicted octanol–water partition coefficient (Wildman–Crippen LogP) is 3.84. The molecule has 0 aliphatic carbocycles. The molecule has 127 valence electrons. The Morgan fingerprint density at radius 1 is 1.25 bits per heavy atom. The average Bonchev–Trinajstić information content (AvgIpc) is 2.54. The zero-order valence-corrected chi connectivity index (χ0v) is 13.6. The van der Waals surface area contributed by atoms with Gasteiger partial charge in [-0.2, -0.15) is 0 Å². The van der Waals surface area contributed by atoms with E-state index in [0.717, 1.165) is 18.3 Å². The number of aromatic nitrogens is 2. The Morgan fingerprint density at radius 2 is 2.00 bits per heavy atom. The summed E-state index contributed by atoms with van der Waals surface area (Å²) in [5.41, 5.74) is -1.78. The highest BCUT2D eigenvalue weighted by Crippen LogP contribution is 2.41. The zero-order chi connectivity index (χ0) is 17.7. The van der Waals surface area contributed by atoms with Crippen LogP contribution >= 0.6 is 0 Å². The second-order valence-corrected chi connectivity index (χ2v) is 5.83. The van der Waals surface area contributed by atoms with Crippen molar-refractivity contribution in [3.63, 3.8) is 0 Å². The lowest BCUT2D eigenvalue weighted by Gasteiger charge is -2.35. The van der Waals surface area contributed by atoms with E-state index in [0.29, 0.717) is 12.7 Å². The number of benzene rings is 1. The SMILES string of the molecule is C[B]CCC[C@](O)(c1ccc(F)cc1F)[C@@H](C)c1ncncc1F. The summed E-state index contributed by atoms with van der Waals surface area (Å²) < 4.78 is 41.6. The molecular formula is C17H19BF3N2O. The van der Waals surface area contributed by atoms with E-state index in [1.807, 2.05) is 14.1 Å². The fourth-order valence-corrected chi connectivity index (χ4v) is 2.87. The number of aliphatic hydroxyl groups is 1. The van der Waals surface area contributed by atoms with E-state index < -0.39 is 29.0 Å². The van der Waals surface area contributed by atoms with Crippen LogP contribution in [0.3, 0.4) is 0 Å². The largest absolute Gasteiger partial charge is 0.384 e. The Kier molecular flexibility index (Phi) is 5.99. The molecule has 1 aromatic carbocycles. The first-order valence-electron chi connectivity index (χ1n) is 7.81. The molecule has 0 unspecified atom stereocenters. The van der Waals surface area contributed by atoms with E-state index in [1.165, 1.54) is 12.4 Å². The van der Waals surface area contributed by atoms with Gasteiger partial charge in [0.05, 0.1) is 11.9 Å². The van der Waals surface area contributed by atoms with Crippen molar-refractivity contribution in [3.8, 4) is 0 Å². The van der Waals surface area contributed by atoms with Crippen molar-refractivity contribution in [2.75, 3.05) is 0 Å². The van der Waals surface area contributed by atoms with Crippen LogP contribution in [-0.4, -0.2) is 22.4 Å². The number of rotatable bonds is 7. The summed E-state index contributed by atoms with van der Waals surface area (Å²) in [7, 11) is 1.93. The minimum absolute atomic E-state index is 0.00305. The molecule has 7 heteroatoms. The summed E-state index contributed by atoms with van der Waals surface area (Å²) >= 11 is 0. The Bertz CT molecular complexity index is 701. The Balaban J connectivity index is 2.48. The summed E-state index contributed by atoms with van der Waals surface area (Å²) in [6, 6.07) is 3.00. The van der Waals surface area contributed by atoms with Crippen LogP contribution in [0.2, 0.25) is 13.1 Å². The van der Waals surface area contributed by atoms with Gasteiger partial charge < -0.3 is 5.11 Å². The van der Waals surface area contributed by atoms with E-state index >= 15 is 0 Å². The first kappa shape index (κ1) is 18.5. The van der Waals surface area contributed by atoms with E-state index in [-0.39, 0.29) is 17.7 Å². The molecule has 2 rings (SSSR count). The first-order valence-corrected chi connectivity index (χ1v) is 7.81. The van der Waals surface area contributed by atoms with Crippen molar-refractivity contribution >= 4 is 7.28 Å². The topological polar surface area (TPSA) is 46.0 Å². The van der Waals surface area contributed by atoms with Crippen LogP contribution < -0.4 is 0 Å². The number of hydrogen-bond donors (Lipinski definition) is 1. The van der Waals surface area contributed by atoms with Gasteiger partial charge in [0.2, 0.25) is 0 Å². The molecule has 2 atom stereocenters. The number of hydrogen-bond acceptors (Lipinski definition) is 3. The highest BCUT2D eigenvalue weighted by atomic mass is 19.1. The molecule has 1 aromatic heterocycles. The van der Waals surface area contributed by atoms with E-state index in [4.69, 9.17) is 0 Å². The first-order chi connectivity index (χ1) is 11.4. The van der Waals surface area contributed by atoms with E-state index in [1.54, 1.807) is 6.92 Å². The molecule has 0 aliphatic heterocycles. The smallest absolute Gasteiger partial charge is 0.163 e. The van der Waals surface area contributed by atoms with Gasteiger partial charge in [0.25, 0.3) is 0 Å². The lowest BCUT2D eigenvalue weighted by Crippen LogP contribution is -2.34. The molecule has 0 spiro atoms. The summed E-state index contributed by atoms with van der Waals surface area (Å²) in [5.74, 6) is -3.11. The van der Waals surface area contributed by atoms with Gasteiger partial charge in [-0.05, 0) is 12.5 Å². The minimum atomic E-state index is -1.71. The summed E-state index contributed by atoms with van der Waals surface area (Å²) in [6.07, 6.45) is 3.64. The van der Waals surface area contributed by atoms with Gasteiger partial charge in [0, 0.05) is 17.5 Å². The van der Waals surface area contributed by atoms with Crippen LogP contribution in [0.1, 0.15) is 36.9 Å². The quantitative estimate of drug-likeness (QED) is 0.618. The fraction of sp³-hybridized carbons (Fsp3) is 0.412. The molecule has 0 amide bonds. The molecular weight excluding hydrogens is 316 g/mol. The normalized spacial score (nSPS) is 14.9. The van der Waals surface area contributed by atoms with Crippen molar-refractivity contribution in [1.29, 1.82) is 0 Å². The van der Waals surface area contributed by atoms with Crippen molar-refractivity contribution in [2.24, 2.45) is 0 Å². The molecule has 2 aromatic rings. The molecule has 0 aliphatic rings. The maximum absolute atomic E-state index is 14.3. The van der Waals surface area contributed by atoms with Crippen LogP contribution in [0.4, 0.5) is 13.2 Å². The average molecular weight is 335 g/mol. The standard InChI is InChI=1S/C17H19BF3N2O/c1-11(16-15(21)9-22-10-23-16)17(24,6-3-7-18-2)13-5-4-12(19)8-14(13)20/h4-5,8-11,24H,3,6-7H2,1-2H3/t11-,17+/m0/s1. The van der Waals surface area contributed by atoms with Gasteiger partial charge >= 0.3 is 0 Å². The Labute approximate surface area is 140 Å². The van der Waals surface area contributed by atoms with E-state index in [2.05, 4.69) is 9.97 Å². The minimum Gasteiger partial charge on any atom is -0.384 e. The van der Waals surface area contributed by atoms with Gasteiger partial charge in [-0.25, -0.2) is 23.1 Å². The lowest BCUT2D eigenvalue weighted by molar-refractivity contribution is -0.00258. The van der Waals surface area contributed by atoms with Gasteiger partial charge in [0.15, 0.2) is 5.82 Å². The van der Waals surface area contributed by atoms with Crippen LogP contribution in [0.25, 0.3) is 0 Å². The summed E-state index contributed by atoms with van der Waals surface area (Å²) in [6.45, 7) is 3.45. The second-order valence-electron chi connectivity index (χ2n) is 5.83. The molecule has 24 heavy (non-hydrogen) atoms. The number of nitrogens with zero attached hydrogens (tertiary/aromatic N) is 2. The molecule has 0 bridgehead atoms. The molecule has 1 heterocycles. The van der Waals surface area contributed by atoms with Crippen LogP contribution in [0, 0.1) is 17.5 Å². The highest BCUT2D eigenvalue weighted by molar-refractivity contribution is 6.33. The lowest BCUT2D eigenvalue weighted by atomic mass is 9.71. The second kappa shape index (κ2) is 7.79. The van der Waals surface area contributed by atoms with Gasteiger partial charge in [-0.1, -0.05) is 32.6 Å². The maximum atomic E-state index is 14.3. The van der Waals surface area contributed by atoms with Crippen molar-refractivity contribution in [3.05, 3.63) is 59.4 Å². The van der Waals surface area contributed by atoms with Crippen LogP contribution in [-0.2, 0) is 5.60 Å². The van der Waals surface area contributed by atoms with Gasteiger partial charge in [0.1, 0.15) is 30.8 Å².